The van der Waals surface area contributed by atoms with Gasteiger partial charge < -0.3 is 0 Å². The van der Waals surface area contributed by atoms with E-state index in [4.69, 9.17) is 0 Å². The molecule has 128 valence electrons. The van der Waals surface area contributed by atoms with Gasteiger partial charge in [-0.1, -0.05) is 32.8 Å². The number of hydrogen-bond donors (Lipinski definition) is 0. The highest BCUT2D eigenvalue weighted by atomic mass is 15.6. The van der Waals surface area contributed by atoms with Crippen molar-refractivity contribution in [1.29, 1.82) is 0 Å². The number of nitrogens with zero attached hydrogens (tertiary/aromatic N) is 6. The van der Waals surface area contributed by atoms with Gasteiger partial charge in [-0.05, 0) is 29.2 Å². The summed E-state index contributed by atoms with van der Waals surface area (Å²) in [5, 5.41) is 12.8. The third-order valence-electron chi connectivity index (χ3n) is 5.27. The van der Waals surface area contributed by atoms with E-state index in [9.17, 15) is 0 Å². The predicted octanol–water partition coefficient (Wildman–Crippen LogP) is 2.29. The fourth-order valence-electron chi connectivity index (χ4n) is 4.09. The minimum atomic E-state index is 0.316. The largest absolute Gasteiger partial charge is 0.297 e. The van der Waals surface area contributed by atoms with Gasteiger partial charge in [0, 0.05) is 32.7 Å². The molecule has 0 N–H and O–H groups in total. The second-order valence-corrected chi connectivity index (χ2v) is 7.23. The van der Waals surface area contributed by atoms with Crippen molar-refractivity contribution in [1.82, 2.24) is 30.0 Å². The molecule has 0 unspecified atom stereocenters. The predicted molar refractivity (Wildman–Crippen MR) is 91.1 cm³/mol. The van der Waals surface area contributed by atoms with Crippen LogP contribution in [0.4, 0.5) is 0 Å². The summed E-state index contributed by atoms with van der Waals surface area (Å²) in [7, 11) is 0. The number of hydrogen-bond acceptors (Lipinski definition) is 5. The minimum absolute atomic E-state index is 0.316. The van der Waals surface area contributed by atoms with Gasteiger partial charge in [-0.3, -0.25) is 9.80 Å². The molecule has 0 amide bonds. The lowest BCUT2D eigenvalue weighted by atomic mass is 10.00. The maximum atomic E-state index is 4.44. The number of aromatic nitrogens is 4. The molecular formula is C17H30N6. The molecule has 23 heavy (non-hydrogen) atoms. The lowest BCUT2D eigenvalue weighted by Crippen LogP contribution is -2.49. The average Bonchev–Trinajstić information content (AvgIpc) is 3.20. The Morgan fingerprint density at radius 1 is 1.17 bits per heavy atom. The summed E-state index contributed by atoms with van der Waals surface area (Å²) in [4.78, 5) is 5.03. The third-order valence-corrected chi connectivity index (χ3v) is 5.27. The highest BCUT2D eigenvalue weighted by Crippen LogP contribution is 2.34. The summed E-state index contributed by atoms with van der Waals surface area (Å²) in [6, 6.07) is 0.819. The first-order valence-corrected chi connectivity index (χ1v) is 9.05. The third kappa shape index (κ3) is 3.63. The zero-order chi connectivity index (χ0) is 16.2. The molecule has 1 saturated carbocycles. The van der Waals surface area contributed by atoms with Crippen LogP contribution in [0.5, 0.6) is 0 Å². The van der Waals surface area contributed by atoms with E-state index in [0.717, 1.165) is 38.5 Å². The van der Waals surface area contributed by atoms with Gasteiger partial charge in [-0.15, -0.1) is 11.7 Å². The summed E-state index contributed by atoms with van der Waals surface area (Å²) in [6.45, 7) is 13.8. The van der Waals surface area contributed by atoms with E-state index < -0.39 is 0 Å². The van der Waals surface area contributed by atoms with Crippen LogP contribution in [0, 0.1) is 5.92 Å². The Morgan fingerprint density at radius 2 is 1.87 bits per heavy atom. The van der Waals surface area contributed by atoms with Gasteiger partial charge in [0.15, 0.2) is 5.82 Å². The van der Waals surface area contributed by atoms with E-state index in [0.29, 0.717) is 18.0 Å². The Balaban J connectivity index is 1.75. The van der Waals surface area contributed by atoms with E-state index in [1.807, 2.05) is 6.08 Å². The molecule has 1 aromatic heterocycles. The van der Waals surface area contributed by atoms with Crippen molar-refractivity contribution in [2.75, 3.05) is 32.7 Å². The molecule has 0 aromatic carbocycles. The Kier molecular flexibility index (Phi) is 5.43. The molecule has 0 spiro atoms. The quantitative estimate of drug-likeness (QED) is 0.753. The van der Waals surface area contributed by atoms with E-state index in [1.165, 1.54) is 25.7 Å². The van der Waals surface area contributed by atoms with Crippen LogP contribution < -0.4 is 0 Å². The molecule has 1 aliphatic heterocycles. The lowest BCUT2D eigenvalue weighted by molar-refractivity contribution is 0.0738. The smallest absolute Gasteiger partial charge is 0.168 e. The molecule has 1 atom stereocenters. The van der Waals surface area contributed by atoms with Crippen molar-refractivity contribution in [2.24, 2.45) is 5.92 Å². The lowest BCUT2D eigenvalue weighted by Gasteiger charge is -2.40. The minimum Gasteiger partial charge on any atom is -0.297 e. The summed E-state index contributed by atoms with van der Waals surface area (Å²) in [5.41, 5.74) is 0. The second kappa shape index (κ2) is 7.53. The molecule has 2 aliphatic rings. The average molecular weight is 318 g/mol. The van der Waals surface area contributed by atoms with Crippen molar-refractivity contribution in [3.8, 4) is 0 Å². The van der Waals surface area contributed by atoms with E-state index >= 15 is 0 Å². The van der Waals surface area contributed by atoms with Crippen molar-refractivity contribution in [2.45, 2.75) is 51.6 Å². The molecule has 6 heteroatoms. The maximum Gasteiger partial charge on any atom is 0.168 e. The molecule has 2 heterocycles. The highest BCUT2D eigenvalue weighted by molar-refractivity contribution is 4.99. The van der Waals surface area contributed by atoms with Gasteiger partial charge in [0.25, 0.3) is 0 Å². The number of rotatable bonds is 6. The topological polar surface area (TPSA) is 50.1 Å². The molecule has 0 radical (unpaired) electrons. The highest BCUT2D eigenvalue weighted by Gasteiger charge is 2.33. The molecular weight excluding hydrogens is 288 g/mol. The molecule has 6 nitrogen and oxygen atoms in total. The normalized spacial score (nSPS) is 22.7. The Morgan fingerprint density at radius 3 is 2.48 bits per heavy atom. The van der Waals surface area contributed by atoms with Crippen LogP contribution in [-0.2, 0) is 0 Å². The van der Waals surface area contributed by atoms with Crippen molar-refractivity contribution < 1.29 is 0 Å². The first-order valence-electron chi connectivity index (χ1n) is 9.05. The maximum absolute atomic E-state index is 4.44. The summed E-state index contributed by atoms with van der Waals surface area (Å²) >= 11 is 0. The zero-order valence-electron chi connectivity index (χ0n) is 14.6. The first-order chi connectivity index (χ1) is 11.2. The van der Waals surface area contributed by atoms with Gasteiger partial charge in [-0.25, -0.2) is 4.68 Å². The van der Waals surface area contributed by atoms with Crippen LogP contribution in [0.1, 0.15) is 57.4 Å². The van der Waals surface area contributed by atoms with Crippen molar-refractivity contribution in [3.63, 3.8) is 0 Å². The van der Waals surface area contributed by atoms with Crippen LogP contribution >= 0.6 is 0 Å². The number of piperazine rings is 1. The van der Waals surface area contributed by atoms with E-state index in [2.05, 4.69) is 50.4 Å². The van der Waals surface area contributed by atoms with Crippen LogP contribution in [0.2, 0.25) is 0 Å². The molecule has 1 aromatic rings. The van der Waals surface area contributed by atoms with Gasteiger partial charge in [0.1, 0.15) is 0 Å². The molecule has 0 bridgehead atoms. The van der Waals surface area contributed by atoms with Crippen LogP contribution in [0.3, 0.4) is 0 Å². The zero-order valence-corrected chi connectivity index (χ0v) is 14.6. The van der Waals surface area contributed by atoms with E-state index in [-0.39, 0.29) is 0 Å². The first kappa shape index (κ1) is 16.6. The Hall–Kier alpha value is -1.27. The van der Waals surface area contributed by atoms with Gasteiger partial charge in [-0.2, -0.15) is 0 Å². The summed E-state index contributed by atoms with van der Waals surface area (Å²) in [5.74, 6) is 1.58. The summed E-state index contributed by atoms with van der Waals surface area (Å²) < 4.78 is 2.13. The molecule has 1 saturated heterocycles. The van der Waals surface area contributed by atoms with Crippen molar-refractivity contribution in [3.05, 3.63) is 18.5 Å². The molecule has 2 fully saturated rings. The second-order valence-electron chi connectivity index (χ2n) is 7.23. The van der Waals surface area contributed by atoms with Crippen LogP contribution in [-0.4, -0.2) is 62.7 Å². The van der Waals surface area contributed by atoms with Crippen molar-refractivity contribution >= 4 is 0 Å². The SMILES string of the molecule is C=CCN1CCN([C@@H](c2nnnn2C2CCCC2)C(C)C)CC1. The Bertz CT molecular complexity index is 497. The monoisotopic (exact) mass is 318 g/mol. The fourth-order valence-corrected chi connectivity index (χ4v) is 4.09. The molecule has 1 aliphatic carbocycles. The Labute approximate surface area is 139 Å². The summed E-state index contributed by atoms with van der Waals surface area (Å²) in [6.07, 6.45) is 7.04. The van der Waals surface area contributed by atoms with Crippen LogP contribution in [0.25, 0.3) is 0 Å². The number of tetrazole rings is 1. The fraction of sp³-hybridized carbons (Fsp3) is 0.824. The van der Waals surface area contributed by atoms with Gasteiger partial charge >= 0.3 is 0 Å². The van der Waals surface area contributed by atoms with Crippen LogP contribution in [0.15, 0.2) is 12.7 Å². The van der Waals surface area contributed by atoms with Gasteiger partial charge in [0.05, 0.1) is 12.1 Å². The standard InChI is InChI=1S/C17H30N6/c1-4-9-21-10-12-22(13-11-21)16(14(2)3)17-18-19-20-23(17)15-7-5-6-8-15/h4,14-16H,1,5-13H2,2-3H3/t16-/m1/s1. The van der Waals surface area contributed by atoms with E-state index in [1.54, 1.807) is 0 Å². The van der Waals surface area contributed by atoms with Gasteiger partial charge in [0.2, 0.25) is 0 Å². The molecule has 3 rings (SSSR count).